The molecule has 0 amide bonds. The van der Waals surface area contributed by atoms with E-state index in [1.807, 2.05) is 6.07 Å². The van der Waals surface area contributed by atoms with Crippen molar-refractivity contribution in [3.8, 4) is 23.3 Å². The third kappa shape index (κ3) is 3.04. The van der Waals surface area contributed by atoms with Crippen molar-refractivity contribution in [3.63, 3.8) is 0 Å². The summed E-state index contributed by atoms with van der Waals surface area (Å²) in [6.45, 7) is 0. The van der Waals surface area contributed by atoms with Crippen molar-refractivity contribution in [1.82, 2.24) is 0 Å². The van der Waals surface area contributed by atoms with Crippen LogP contribution in [0.3, 0.4) is 0 Å². The lowest BCUT2D eigenvalue weighted by molar-refractivity contribution is 0.151. The second-order valence-corrected chi connectivity index (χ2v) is 3.96. The molecule has 0 atom stereocenters. The zero-order valence-electron chi connectivity index (χ0n) is 10.6. The molecule has 0 radical (unpaired) electrons. The molecule has 0 spiro atoms. The number of halogens is 2. The molecule has 0 aliphatic heterocycles. The highest BCUT2D eigenvalue weighted by molar-refractivity contribution is 5.46. The first kappa shape index (κ1) is 13.8. The first-order valence-electron chi connectivity index (χ1n) is 5.78. The van der Waals surface area contributed by atoms with Gasteiger partial charge in [-0.15, -0.1) is 0 Å². The number of hydrogen-bond donors (Lipinski definition) is 0. The Morgan fingerprint density at radius 1 is 1.10 bits per heavy atom. The number of para-hydroxylation sites is 2. The van der Waals surface area contributed by atoms with Gasteiger partial charge in [-0.05, 0) is 30.3 Å². The molecule has 2 aromatic carbocycles. The summed E-state index contributed by atoms with van der Waals surface area (Å²) >= 11 is 0. The summed E-state index contributed by atoms with van der Waals surface area (Å²) < 4.78 is 36.2. The topological polar surface area (TPSA) is 42.2 Å². The van der Waals surface area contributed by atoms with E-state index in [0.717, 1.165) is 6.07 Å². The molecular formula is C15H11F2NO2. The van der Waals surface area contributed by atoms with Crippen LogP contribution < -0.4 is 9.47 Å². The zero-order valence-corrected chi connectivity index (χ0v) is 10.6. The van der Waals surface area contributed by atoms with E-state index < -0.39 is 6.43 Å². The SMILES string of the molecule is COc1ccccc1Oc1cc(C#N)cc(C(F)F)c1. The van der Waals surface area contributed by atoms with E-state index >= 15 is 0 Å². The predicted octanol–water partition coefficient (Wildman–Crippen LogP) is 4.30. The van der Waals surface area contributed by atoms with Gasteiger partial charge in [0.1, 0.15) is 5.75 Å². The lowest BCUT2D eigenvalue weighted by Gasteiger charge is -2.11. The highest BCUT2D eigenvalue weighted by Gasteiger charge is 2.12. The molecule has 102 valence electrons. The third-order valence-electron chi connectivity index (χ3n) is 2.61. The molecule has 0 saturated heterocycles. The van der Waals surface area contributed by atoms with Crippen LogP contribution in [0.25, 0.3) is 0 Å². The second-order valence-electron chi connectivity index (χ2n) is 3.96. The summed E-state index contributed by atoms with van der Waals surface area (Å²) in [6.07, 6.45) is -2.66. The highest BCUT2D eigenvalue weighted by atomic mass is 19.3. The molecule has 5 heteroatoms. The molecule has 0 saturated carbocycles. The number of hydrogen-bond acceptors (Lipinski definition) is 3. The van der Waals surface area contributed by atoms with Crippen LogP contribution in [0.4, 0.5) is 8.78 Å². The van der Waals surface area contributed by atoms with Crippen molar-refractivity contribution in [1.29, 1.82) is 5.26 Å². The standard InChI is InChI=1S/C15H11F2NO2/c1-19-13-4-2-3-5-14(13)20-12-7-10(9-18)6-11(8-12)15(16)17/h2-8,15H,1H3. The van der Waals surface area contributed by atoms with Crippen LogP contribution in [0, 0.1) is 11.3 Å². The molecule has 0 heterocycles. The Morgan fingerprint density at radius 3 is 2.40 bits per heavy atom. The van der Waals surface area contributed by atoms with E-state index in [0.29, 0.717) is 11.5 Å². The number of rotatable bonds is 4. The lowest BCUT2D eigenvalue weighted by atomic mass is 10.1. The summed E-state index contributed by atoms with van der Waals surface area (Å²) in [6, 6.07) is 12.4. The quantitative estimate of drug-likeness (QED) is 0.835. The minimum absolute atomic E-state index is 0.118. The van der Waals surface area contributed by atoms with Crippen molar-refractivity contribution >= 4 is 0 Å². The van der Waals surface area contributed by atoms with E-state index in [2.05, 4.69) is 0 Å². The Hall–Kier alpha value is -2.61. The summed E-state index contributed by atoms with van der Waals surface area (Å²) in [4.78, 5) is 0. The highest BCUT2D eigenvalue weighted by Crippen LogP contribution is 2.33. The number of ether oxygens (including phenoxy) is 2. The average Bonchev–Trinajstić information content (AvgIpc) is 2.47. The van der Waals surface area contributed by atoms with Crippen molar-refractivity contribution in [2.24, 2.45) is 0 Å². The van der Waals surface area contributed by atoms with Crippen LogP contribution >= 0.6 is 0 Å². The van der Waals surface area contributed by atoms with Gasteiger partial charge in [-0.2, -0.15) is 5.26 Å². The fraction of sp³-hybridized carbons (Fsp3) is 0.133. The lowest BCUT2D eigenvalue weighted by Crippen LogP contribution is -1.93. The van der Waals surface area contributed by atoms with Gasteiger partial charge in [0.15, 0.2) is 11.5 Å². The van der Waals surface area contributed by atoms with E-state index in [1.54, 1.807) is 24.3 Å². The number of alkyl halides is 2. The largest absolute Gasteiger partial charge is 0.493 e. The molecule has 0 aromatic heterocycles. The van der Waals surface area contributed by atoms with Crippen LogP contribution in [0.2, 0.25) is 0 Å². The fourth-order valence-corrected chi connectivity index (χ4v) is 1.70. The van der Waals surface area contributed by atoms with Gasteiger partial charge in [-0.25, -0.2) is 8.78 Å². The Bertz CT molecular complexity index is 651. The van der Waals surface area contributed by atoms with Crippen LogP contribution in [0.5, 0.6) is 17.2 Å². The molecule has 0 fully saturated rings. The van der Waals surface area contributed by atoms with Crippen molar-refractivity contribution in [2.75, 3.05) is 7.11 Å². The smallest absolute Gasteiger partial charge is 0.264 e. The van der Waals surface area contributed by atoms with E-state index in [1.165, 1.54) is 19.2 Å². The molecule has 0 N–H and O–H groups in total. The molecule has 3 nitrogen and oxygen atoms in total. The monoisotopic (exact) mass is 275 g/mol. The van der Waals surface area contributed by atoms with Crippen molar-refractivity contribution in [3.05, 3.63) is 53.6 Å². The molecule has 0 bridgehead atoms. The first-order chi connectivity index (χ1) is 9.63. The minimum Gasteiger partial charge on any atom is -0.493 e. The third-order valence-corrected chi connectivity index (χ3v) is 2.61. The van der Waals surface area contributed by atoms with Crippen LogP contribution in [-0.2, 0) is 0 Å². The number of nitrogens with zero attached hydrogens (tertiary/aromatic N) is 1. The van der Waals surface area contributed by atoms with Gasteiger partial charge in [0.25, 0.3) is 6.43 Å². The summed E-state index contributed by atoms with van der Waals surface area (Å²) in [5, 5.41) is 8.86. The Kier molecular flexibility index (Phi) is 4.16. The van der Waals surface area contributed by atoms with Gasteiger partial charge in [0.2, 0.25) is 0 Å². The molecule has 0 unspecified atom stereocenters. The van der Waals surface area contributed by atoms with Gasteiger partial charge in [-0.1, -0.05) is 12.1 Å². The van der Waals surface area contributed by atoms with Gasteiger partial charge >= 0.3 is 0 Å². The predicted molar refractivity (Wildman–Crippen MR) is 69.2 cm³/mol. The van der Waals surface area contributed by atoms with E-state index in [4.69, 9.17) is 14.7 Å². The number of methoxy groups -OCH3 is 1. The Labute approximate surface area is 115 Å². The summed E-state index contributed by atoms with van der Waals surface area (Å²) in [7, 11) is 1.48. The normalized spacial score (nSPS) is 10.2. The van der Waals surface area contributed by atoms with Gasteiger partial charge in [0, 0.05) is 5.56 Å². The maximum Gasteiger partial charge on any atom is 0.264 e. The number of benzene rings is 2. The maximum atomic E-state index is 12.8. The van der Waals surface area contributed by atoms with E-state index in [9.17, 15) is 8.78 Å². The summed E-state index contributed by atoms with van der Waals surface area (Å²) in [5.74, 6) is 1.04. The molecule has 2 rings (SSSR count). The van der Waals surface area contributed by atoms with Gasteiger partial charge in [0.05, 0.1) is 18.7 Å². The Morgan fingerprint density at radius 2 is 1.80 bits per heavy atom. The average molecular weight is 275 g/mol. The number of nitriles is 1. The van der Waals surface area contributed by atoms with Crippen LogP contribution in [0.15, 0.2) is 42.5 Å². The van der Waals surface area contributed by atoms with Crippen molar-refractivity contribution in [2.45, 2.75) is 6.43 Å². The minimum atomic E-state index is -2.66. The Balaban J connectivity index is 2.38. The maximum absolute atomic E-state index is 12.8. The second kappa shape index (κ2) is 6.02. The molecule has 20 heavy (non-hydrogen) atoms. The first-order valence-corrected chi connectivity index (χ1v) is 5.78. The van der Waals surface area contributed by atoms with Crippen LogP contribution in [-0.4, -0.2) is 7.11 Å². The van der Waals surface area contributed by atoms with Gasteiger partial charge in [-0.3, -0.25) is 0 Å². The van der Waals surface area contributed by atoms with Crippen LogP contribution in [0.1, 0.15) is 17.6 Å². The molecule has 0 aliphatic carbocycles. The van der Waals surface area contributed by atoms with Gasteiger partial charge < -0.3 is 9.47 Å². The molecule has 2 aromatic rings. The van der Waals surface area contributed by atoms with E-state index in [-0.39, 0.29) is 16.9 Å². The molecule has 0 aliphatic rings. The zero-order chi connectivity index (χ0) is 14.5. The summed E-state index contributed by atoms with van der Waals surface area (Å²) in [5.41, 5.74) is -0.137. The fourth-order valence-electron chi connectivity index (χ4n) is 1.70. The van der Waals surface area contributed by atoms with Crippen molar-refractivity contribution < 1.29 is 18.3 Å². The molecular weight excluding hydrogens is 264 g/mol.